The first-order chi connectivity index (χ1) is 13.5. The molecule has 0 saturated heterocycles. The van der Waals surface area contributed by atoms with Gasteiger partial charge >= 0.3 is 0 Å². The molecule has 4 rings (SSSR count). The van der Waals surface area contributed by atoms with E-state index in [1.54, 1.807) is 19.4 Å². The first-order valence-corrected chi connectivity index (χ1v) is 11.5. The van der Waals surface area contributed by atoms with E-state index in [0.29, 0.717) is 17.8 Å². The van der Waals surface area contributed by atoms with Crippen LogP contribution in [0.25, 0.3) is 0 Å². The molecule has 0 amide bonds. The van der Waals surface area contributed by atoms with Crippen molar-refractivity contribution in [2.45, 2.75) is 91.3 Å². The first-order valence-electron chi connectivity index (χ1n) is 11.5. The Kier molecular flexibility index (Phi) is 5.26. The molecule has 6 atom stereocenters. The first kappa shape index (κ1) is 21.1. The highest BCUT2D eigenvalue weighted by atomic mass is 16.6. The van der Waals surface area contributed by atoms with Crippen LogP contribution in [0.3, 0.4) is 0 Å². The number of aliphatic hydroxyl groups excluding tert-OH is 1. The molecule has 0 bridgehead atoms. The van der Waals surface area contributed by atoms with E-state index in [4.69, 9.17) is 4.84 Å². The largest absolute Gasteiger partial charge is 0.393 e. The van der Waals surface area contributed by atoms with Crippen LogP contribution in [0.4, 0.5) is 0 Å². The van der Waals surface area contributed by atoms with Crippen molar-refractivity contribution in [2.75, 3.05) is 6.61 Å². The van der Waals surface area contributed by atoms with E-state index >= 15 is 0 Å². The van der Waals surface area contributed by atoms with E-state index in [1.165, 1.54) is 31.3 Å². The van der Waals surface area contributed by atoms with Crippen molar-refractivity contribution in [2.24, 2.45) is 33.7 Å². The molecule has 4 nitrogen and oxygen atoms in total. The fraction of sp³-hybridized carbons (Fsp3) is 0.800. The number of oxime groups is 1. The summed E-state index contributed by atoms with van der Waals surface area (Å²) >= 11 is 0. The maximum Gasteiger partial charge on any atom is 0.145 e. The zero-order valence-corrected chi connectivity index (χ0v) is 18.9. The highest BCUT2D eigenvalue weighted by Gasteiger charge is 2.56. The molecule has 29 heavy (non-hydrogen) atoms. The Labute approximate surface area is 176 Å². The average Bonchev–Trinajstić information content (AvgIpc) is 2.98. The van der Waals surface area contributed by atoms with Crippen molar-refractivity contribution in [1.29, 1.82) is 0 Å². The molecule has 4 aliphatic carbocycles. The molecule has 0 aromatic heterocycles. The Morgan fingerprint density at radius 2 is 1.90 bits per heavy atom. The monoisotopic (exact) mass is 401 g/mol. The fourth-order valence-corrected chi connectivity index (χ4v) is 7.03. The average molecular weight is 402 g/mol. The van der Waals surface area contributed by atoms with Crippen molar-refractivity contribution in [1.82, 2.24) is 0 Å². The van der Waals surface area contributed by atoms with Gasteiger partial charge in [-0.2, -0.15) is 0 Å². The second-order valence-corrected chi connectivity index (χ2v) is 11.3. The van der Waals surface area contributed by atoms with Crippen LogP contribution in [0.15, 0.2) is 28.5 Å². The lowest BCUT2D eigenvalue weighted by Gasteiger charge is -2.54. The molecular formula is C25H39NO3. The predicted octanol–water partition coefficient (Wildman–Crippen LogP) is 5.01. The second-order valence-electron chi connectivity index (χ2n) is 11.3. The molecule has 0 aliphatic heterocycles. The molecule has 0 aromatic rings. The Morgan fingerprint density at radius 1 is 1.14 bits per heavy atom. The summed E-state index contributed by atoms with van der Waals surface area (Å²) in [6.07, 6.45) is 12.4. The molecule has 4 heteroatoms. The summed E-state index contributed by atoms with van der Waals surface area (Å²) in [4.78, 5) is 5.49. The number of nitrogens with zero attached hydrogens (tertiary/aromatic N) is 1. The SMILES string of the molecule is CC(=NOCC(C)(C)O)[C@H]1CC[C@H]2C3=CC=C4C[C@@H](O)CC[C@]4(C)[C@H]3CC[C@]12C. The minimum Gasteiger partial charge on any atom is -0.393 e. The summed E-state index contributed by atoms with van der Waals surface area (Å²) in [6, 6.07) is 0. The van der Waals surface area contributed by atoms with Gasteiger partial charge in [0.25, 0.3) is 0 Å². The third kappa shape index (κ3) is 3.61. The van der Waals surface area contributed by atoms with Gasteiger partial charge in [-0.15, -0.1) is 0 Å². The van der Waals surface area contributed by atoms with Gasteiger partial charge < -0.3 is 15.1 Å². The van der Waals surface area contributed by atoms with Crippen LogP contribution in [0, 0.1) is 28.6 Å². The zero-order chi connectivity index (χ0) is 21.0. The molecule has 3 fully saturated rings. The van der Waals surface area contributed by atoms with Crippen molar-refractivity contribution in [3.63, 3.8) is 0 Å². The van der Waals surface area contributed by atoms with Crippen LogP contribution in [0.5, 0.6) is 0 Å². The number of hydrogen-bond donors (Lipinski definition) is 2. The van der Waals surface area contributed by atoms with Gasteiger partial charge in [-0.25, -0.2) is 0 Å². The molecule has 0 unspecified atom stereocenters. The van der Waals surface area contributed by atoms with E-state index in [1.807, 2.05) is 0 Å². The molecule has 0 aromatic carbocycles. The van der Waals surface area contributed by atoms with Gasteiger partial charge in [-0.1, -0.05) is 42.3 Å². The molecule has 2 N–H and O–H groups in total. The summed E-state index contributed by atoms with van der Waals surface area (Å²) in [7, 11) is 0. The predicted molar refractivity (Wildman–Crippen MR) is 117 cm³/mol. The zero-order valence-electron chi connectivity index (χ0n) is 18.9. The lowest BCUT2D eigenvalue weighted by Crippen LogP contribution is -2.46. The third-order valence-electron chi connectivity index (χ3n) is 8.68. The van der Waals surface area contributed by atoms with Gasteiger partial charge in [0, 0.05) is 5.92 Å². The van der Waals surface area contributed by atoms with Crippen LogP contribution in [0.2, 0.25) is 0 Å². The Bertz CT molecular complexity index is 746. The second kappa shape index (κ2) is 7.23. The number of aliphatic hydroxyl groups is 2. The van der Waals surface area contributed by atoms with Crippen LogP contribution in [-0.2, 0) is 4.84 Å². The summed E-state index contributed by atoms with van der Waals surface area (Å²) in [5.41, 5.74) is 3.84. The Balaban J connectivity index is 1.56. The van der Waals surface area contributed by atoms with Gasteiger partial charge in [-0.05, 0) is 88.4 Å². The third-order valence-corrected chi connectivity index (χ3v) is 8.68. The molecule has 162 valence electrons. The topological polar surface area (TPSA) is 62.0 Å². The van der Waals surface area contributed by atoms with E-state index in [2.05, 4.69) is 38.1 Å². The number of allylic oxidation sites excluding steroid dienone is 3. The Morgan fingerprint density at radius 3 is 2.62 bits per heavy atom. The summed E-state index contributed by atoms with van der Waals surface area (Å²) < 4.78 is 0. The van der Waals surface area contributed by atoms with Gasteiger partial charge in [0.1, 0.15) is 6.61 Å². The van der Waals surface area contributed by atoms with E-state index < -0.39 is 5.60 Å². The highest BCUT2D eigenvalue weighted by Crippen LogP contribution is 2.65. The van der Waals surface area contributed by atoms with Crippen LogP contribution < -0.4 is 0 Å². The van der Waals surface area contributed by atoms with Crippen molar-refractivity contribution in [3.05, 3.63) is 23.3 Å². The van der Waals surface area contributed by atoms with Gasteiger partial charge in [0.05, 0.1) is 17.4 Å². The maximum atomic E-state index is 10.2. The summed E-state index contributed by atoms with van der Waals surface area (Å²) in [5, 5.41) is 24.5. The lowest BCUT2D eigenvalue weighted by atomic mass is 9.50. The Hall–Kier alpha value is -1.13. The quantitative estimate of drug-likeness (QED) is 0.514. The molecule has 0 spiro atoms. The minimum atomic E-state index is -0.857. The smallest absolute Gasteiger partial charge is 0.145 e. The van der Waals surface area contributed by atoms with Gasteiger partial charge in [0.2, 0.25) is 0 Å². The van der Waals surface area contributed by atoms with Crippen LogP contribution in [-0.4, -0.2) is 34.2 Å². The number of rotatable bonds is 4. The maximum absolute atomic E-state index is 10.2. The number of fused-ring (bicyclic) bond motifs is 5. The molecular weight excluding hydrogens is 362 g/mol. The molecule has 4 aliphatic rings. The van der Waals surface area contributed by atoms with E-state index in [9.17, 15) is 10.2 Å². The van der Waals surface area contributed by atoms with Crippen LogP contribution in [0.1, 0.15) is 79.6 Å². The van der Waals surface area contributed by atoms with Crippen molar-refractivity contribution < 1.29 is 15.1 Å². The summed E-state index contributed by atoms with van der Waals surface area (Å²) in [6.45, 7) is 10.7. The van der Waals surface area contributed by atoms with Gasteiger partial charge in [0.15, 0.2) is 0 Å². The molecule has 0 radical (unpaired) electrons. The normalized spacial score (nSPS) is 42.4. The van der Waals surface area contributed by atoms with Crippen molar-refractivity contribution >= 4 is 5.71 Å². The molecule has 0 heterocycles. The van der Waals surface area contributed by atoms with E-state index in [-0.39, 0.29) is 23.5 Å². The fourth-order valence-electron chi connectivity index (χ4n) is 7.03. The highest BCUT2D eigenvalue weighted by molar-refractivity contribution is 5.85. The minimum absolute atomic E-state index is 0.156. The summed E-state index contributed by atoms with van der Waals surface area (Å²) in [5.74, 6) is 1.70. The standard InChI is InChI=1S/C25H39NO3/c1-16(26-29-15-23(2,3)28)20-8-9-21-19-7-6-17-14-18(27)10-12-24(17,4)22(19)11-13-25(20,21)5/h6-7,18,20-22,27-28H,8-15H2,1-5H3/t18-,20+,21-,22-,24-,25+/m0/s1. The molecule has 3 saturated carbocycles. The van der Waals surface area contributed by atoms with E-state index in [0.717, 1.165) is 25.0 Å². The van der Waals surface area contributed by atoms with Crippen LogP contribution >= 0.6 is 0 Å². The van der Waals surface area contributed by atoms with Crippen molar-refractivity contribution in [3.8, 4) is 0 Å². The lowest BCUT2D eigenvalue weighted by molar-refractivity contribution is -0.0200. The van der Waals surface area contributed by atoms with Gasteiger partial charge in [-0.3, -0.25) is 0 Å². The number of hydrogen-bond acceptors (Lipinski definition) is 4.